The predicted molar refractivity (Wildman–Crippen MR) is 134 cm³/mol. The molecule has 3 aromatic rings. The van der Waals surface area contributed by atoms with Crippen molar-refractivity contribution in [3.8, 4) is 17.2 Å². The van der Waals surface area contributed by atoms with Gasteiger partial charge in [0.15, 0.2) is 8.32 Å². The summed E-state index contributed by atoms with van der Waals surface area (Å²) in [4.78, 5) is 13.2. The first-order valence-electron chi connectivity index (χ1n) is 10.7. The fraction of sp³-hybridized carbons (Fsp3) is 0.308. The van der Waals surface area contributed by atoms with Crippen molar-refractivity contribution in [2.45, 2.75) is 44.9 Å². The molecule has 172 valence electrons. The number of benzene rings is 2. The quantitative estimate of drug-likeness (QED) is 0.363. The monoisotopic (exact) mass is 482 g/mol. The summed E-state index contributed by atoms with van der Waals surface area (Å²) in [7, 11) is -2.06. The molecular formula is C26H28ClFN2O2Si. The molecule has 7 heteroatoms. The number of nitriles is 1. The molecular weight excluding hydrogens is 455 g/mol. The van der Waals surface area contributed by atoms with Crippen LogP contribution in [0.15, 0.2) is 65.6 Å². The Bertz CT molecular complexity index is 1260. The molecule has 0 saturated heterocycles. The minimum atomic E-state index is -2.06. The van der Waals surface area contributed by atoms with Crippen LogP contribution in [0.3, 0.4) is 0 Å². The summed E-state index contributed by atoms with van der Waals surface area (Å²) in [6.45, 7) is 11.2. The van der Waals surface area contributed by atoms with Gasteiger partial charge in [-0.05, 0) is 65.2 Å². The van der Waals surface area contributed by atoms with Crippen molar-refractivity contribution in [1.82, 2.24) is 4.57 Å². The molecule has 2 aromatic carbocycles. The van der Waals surface area contributed by atoms with Crippen LogP contribution in [0.2, 0.25) is 23.2 Å². The Morgan fingerprint density at radius 3 is 2.42 bits per heavy atom. The normalized spacial score (nSPS) is 12.9. The first-order chi connectivity index (χ1) is 15.4. The molecule has 0 fully saturated rings. The molecule has 4 nitrogen and oxygen atoms in total. The van der Waals surface area contributed by atoms with Crippen LogP contribution in [0.4, 0.5) is 4.39 Å². The Morgan fingerprint density at radius 1 is 1.12 bits per heavy atom. The molecule has 0 spiro atoms. The maximum atomic E-state index is 13.7. The Balaban J connectivity index is 2.02. The third kappa shape index (κ3) is 5.62. The largest absolute Gasteiger partial charge is 0.414 e. The van der Waals surface area contributed by atoms with E-state index < -0.39 is 14.1 Å². The average Bonchev–Trinajstić information content (AvgIpc) is 2.74. The van der Waals surface area contributed by atoms with E-state index in [1.165, 1.54) is 18.2 Å². The van der Waals surface area contributed by atoms with E-state index in [0.29, 0.717) is 22.8 Å². The van der Waals surface area contributed by atoms with Crippen molar-refractivity contribution in [3.63, 3.8) is 0 Å². The van der Waals surface area contributed by atoms with Gasteiger partial charge >= 0.3 is 0 Å². The van der Waals surface area contributed by atoms with E-state index in [9.17, 15) is 9.18 Å². The molecule has 0 radical (unpaired) electrons. The van der Waals surface area contributed by atoms with Gasteiger partial charge in [-0.3, -0.25) is 4.79 Å². The number of rotatable bonds is 6. The molecule has 0 aliphatic carbocycles. The fourth-order valence-electron chi connectivity index (χ4n) is 3.27. The molecule has 0 N–H and O–H groups in total. The van der Waals surface area contributed by atoms with Crippen LogP contribution < -0.4 is 5.56 Å². The van der Waals surface area contributed by atoms with E-state index in [0.717, 1.165) is 5.56 Å². The first kappa shape index (κ1) is 24.9. The van der Waals surface area contributed by atoms with Gasteiger partial charge in [0.1, 0.15) is 11.9 Å². The number of halogens is 2. The lowest BCUT2D eigenvalue weighted by molar-refractivity contribution is 0.246. The fourth-order valence-corrected chi connectivity index (χ4v) is 4.48. The third-order valence-corrected chi connectivity index (χ3v) is 11.1. The summed E-state index contributed by atoms with van der Waals surface area (Å²) in [5.41, 5.74) is 1.82. The highest BCUT2D eigenvalue weighted by molar-refractivity contribution is 6.74. The third-order valence-electron chi connectivity index (χ3n) is 6.35. The average molecular weight is 483 g/mol. The Hall–Kier alpha value is -2.72. The minimum Gasteiger partial charge on any atom is -0.414 e. The Kier molecular flexibility index (Phi) is 7.28. The molecule has 1 atom stereocenters. The molecule has 3 rings (SSSR count). The maximum absolute atomic E-state index is 13.7. The van der Waals surface area contributed by atoms with Crippen molar-refractivity contribution in [3.05, 3.63) is 93.1 Å². The van der Waals surface area contributed by atoms with Crippen molar-refractivity contribution in [2.75, 3.05) is 6.61 Å². The van der Waals surface area contributed by atoms with Crippen LogP contribution in [0.5, 0.6) is 0 Å². The number of pyridine rings is 1. The predicted octanol–water partition coefficient (Wildman–Crippen LogP) is 6.79. The van der Waals surface area contributed by atoms with Crippen molar-refractivity contribution in [2.24, 2.45) is 0 Å². The molecule has 0 bridgehead atoms. The van der Waals surface area contributed by atoms with Crippen molar-refractivity contribution in [1.29, 1.82) is 5.26 Å². The number of hydrogen-bond donors (Lipinski definition) is 0. The molecule has 0 saturated carbocycles. The van der Waals surface area contributed by atoms with Gasteiger partial charge in [-0.1, -0.05) is 50.6 Å². The smallest absolute Gasteiger partial charge is 0.251 e. The van der Waals surface area contributed by atoms with E-state index >= 15 is 0 Å². The lowest BCUT2D eigenvalue weighted by Gasteiger charge is -2.37. The lowest BCUT2D eigenvalue weighted by atomic mass is 10.0. The summed E-state index contributed by atoms with van der Waals surface area (Å²) in [5, 5.41) is 9.73. The standard InChI is InChI=1S/C26H28ClFN2O2Si/c1-26(2,3)33(4,5)32-17-24(20-7-6-8-22(27)14-20)30-12-11-19(15-25(30)31)18-9-10-23(28)21(13-18)16-29/h6-15,24H,17H2,1-5H3/t24-/m1/s1. The Morgan fingerprint density at radius 2 is 1.82 bits per heavy atom. The first-order valence-corrected chi connectivity index (χ1v) is 14.0. The van der Waals surface area contributed by atoms with Crippen LogP contribution in [0, 0.1) is 17.1 Å². The summed E-state index contributed by atoms with van der Waals surface area (Å²) in [6, 6.07) is 16.5. The summed E-state index contributed by atoms with van der Waals surface area (Å²) < 4.78 is 21.8. The van der Waals surface area contributed by atoms with E-state index in [1.54, 1.807) is 29.0 Å². The highest BCUT2D eigenvalue weighted by atomic mass is 35.5. The van der Waals surface area contributed by atoms with E-state index in [1.807, 2.05) is 24.3 Å². The highest BCUT2D eigenvalue weighted by Gasteiger charge is 2.38. The zero-order valence-electron chi connectivity index (χ0n) is 19.5. The Labute approximate surface area is 200 Å². The van der Waals surface area contributed by atoms with Gasteiger partial charge in [0.2, 0.25) is 0 Å². The van der Waals surface area contributed by atoms with E-state index in [4.69, 9.17) is 21.3 Å². The molecule has 0 unspecified atom stereocenters. The SMILES string of the molecule is CC(C)(C)[Si](C)(C)OC[C@H](c1cccc(Cl)c1)n1ccc(-c2ccc(F)c(C#N)c2)cc1=O. The summed E-state index contributed by atoms with van der Waals surface area (Å²) in [5.74, 6) is -0.585. The van der Waals surface area contributed by atoms with Crippen LogP contribution in [-0.4, -0.2) is 19.5 Å². The zero-order chi connectivity index (χ0) is 24.4. The van der Waals surface area contributed by atoms with E-state index in [-0.39, 0.29) is 22.2 Å². The molecule has 0 aliphatic rings. The number of hydrogen-bond acceptors (Lipinski definition) is 3. The maximum Gasteiger partial charge on any atom is 0.251 e. The van der Waals surface area contributed by atoms with Gasteiger partial charge in [-0.2, -0.15) is 5.26 Å². The number of nitrogens with zero attached hydrogens (tertiary/aromatic N) is 2. The van der Waals surface area contributed by atoms with Crippen LogP contribution in [0.1, 0.15) is 37.9 Å². The zero-order valence-corrected chi connectivity index (χ0v) is 21.3. The van der Waals surface area contributed by atoms with Crippen LogP contribution >= 0.6 is 11.6 Å². The molecule has 1 heterocycles. The van der Waals surface area contributed by atoms with Gasteiger partial charge in [-0.25, -0.2) is 4.39 Å². The van der Waals surface area contributed by atoms with Gasteiger partial charge < -0.3 is 8.99 Å². The van der Waals surface area contributed by atoms with E-state index in [2.05, 4.69) is 33.9 Å². The van der Waals surface area contributed by atoms with Crippen molar-refractivity contribution >= 4 is 19.9 Å². The summed E-state index contributed by atoms with van der Waals surface area (Å²) in [6.07, 6.45) is 1.72. The van der Waals surface area contributed by atoms with Gasteiger partial charge in [0.05, 0.1) is 18.2 Å². The lowest BCUT2D eigenvalue weighted by Crippen LogP contribution is -2.43. The van der Waals surface area contributed by atoms with Crippen LogP contribution in [-0.2, 0) is 4.43 Å². The second-order valence-corrected chi connectivity index (χ2v) is 14.9. The molecule has 33 heavy (non-hydrogen) atoms. The van der Waals surface area contributed by atoms with Gasteiger partial charge in [0, 0.05) is 17.3 Å². The number of aromatic nitrogens is 1. The highest BCUT2D eigenvalue weighted by Crippen LogP contribution is 2.37. The van der Waals surface area contributed by atoms with Gasteiger partial charge in [-0.15, -0.1) is 0 Å². The summed E-state index contributed by atoms with van der Waals surface area (Å²) >= 11 is 6.25. The minimum absolute atomic E-state index is 0.0295. The molecule has 0 amide bonds. The topological polar surface area (TPSA) is 55.0 Å². The second kappa shape index (κ2) is 9.64. The second-order valence-electron chi connectivity index (χ2n) is 9.61. The van der Waals surface area contributed by atoms with Crippen LogP contribution in [0.25, 0.3) is 11.1 Å². The molecule has 1 aromatic heterocycles. The molecule has 0 aliphatic heterocycles. The van der Waals surface area contributed by atoms with Gasteiger partial charge in [0.25, 0.3) is 5.56 Å². The van der Waals surface area contributed by atoms with Crippen molar-refractivity contribution < 1.29 is 8.82 Å².